The van der Waals surface area contributed by atoms with Crippen LogP contribution in [0.2, 0.25) is 0 Å². The number of hydrogen-bond acceptors (Lipinski definition) is 4. The monoisotopic (exact) mass is 268 g/mol. The van der Waals surface area contributed by atoms with Gasteiger partial charge in [0.05, 0.1) is 12.7 Å². The van der Waals surface area contributed by atoms with Gasteiger partial charge in [-0.3, -0.25) is 4.79 Å². The van der Waals surface area contributed by atoms with Crippen LogP contribution in [0.3, 0.4) is 0 Å². The molecule has 1 rings (SSSR count). The van der Waals surface area contributed by atoms with Gasteiger partial charge in [0.25, 0.3) is 0 Å². The van der Waals surface area contributed by atoms with Crippen LogP contribution < -0.4 is 0 Å². The topological polar surface area (TPSA) is 63.6 Å². The van der Waals surface area contributed by atoms with E-state index in [2.05, 4.69) is 4.74 Å². The van der Waals surface area contributed by atoms with Crippen LogP contribution in [-0.4, -0.2) is 29.4 Å². The van der Waals surface area contributed by atoms with Gasteiger partial charge in [-0.25, -0.2) is 4.79 Å². The third kappa shape index (κ3) is 4.07. The number of hydrogen-bond donors (Lipinski definition) is 1. The van der Waals surface area contributed by atoms with Crippen LogP contribution in [0.4, 0.5) is 0 Å². The van der Waals surface area contributed by atoms with Gasteiger partial charge < -0.3 is 9.84 Å². The maximum Gasteiger partial charge on any atom is 0.337 e. The van der Waals surface area contributed by atoms with E-state index in [-0.39, 0.29) is 5.97 Å². The molecule has 0 saturated heterocycles. The highest BCUT2D eigenvalue weighted by Gasteiger charge is 2.15. The molecule has 0 saturated carbocycles. The molecule has 0 radical (unpaired) electrons. The zero-order valence-corrected chi connectivity index (χ0v) is 11.2. The van der Waals surface area contributed by atoms with E-state index in [9.17, 15) is 9.59 Å². The molecule has 0 heterocycles. The second-order valence-corrected chi connectivity index (χ2v) is 4.93. The second kappa shape index (κ2) is 7.06. The zero-order valence-electron chi connectivity index (χ0n) is 10.4. The lowest BCUT2D eigenvalue weighted by molar-refractivity contribution is -0.136. The largest absolute Gasteiger partial charge is 0.480 e. The fraction of sp³-hybridized carbons (Fsp3) is 0.385. The lowest BCUT2D eigenvalue weighted by atomic mass is 10.1. The number of carbonyl (C=O) groups excluding carboxylic acids is 1. The maximum atomic E-state index is 11.3. The summed E-state index contributed by atoms with van der Waals surface area (Å²) < 4.78 is 4.64. The van der Waals surface area contributed by atoms with E-state index in [1.54, 1.807) is 18.2 Å². The summed E-state index contributed by atoms with van der Waals surface area (Å²) in [6.07, 6.45) is 0.580. The predicted molar refractivity (Wildman–Crippen MR) is 70.8 cm³/mol. The molecule has 0 aromatic heterocycles. The van der Waals surface area contributed by atoms with Gasteiger partial charge in [-0.2, -0.15) is 0 Å². The number of benzene rings is 1. The highest BCUT2D eigenvalue weighted by Crippen LogP contribution is 2.21. The first-order valence-electron chi connectivity index (χ1n) is 5.60. The van der Waals surface area contributed by atoms with Crippen molar-refractivity contribution in [2.75, 3.05) is 7.11 Å². The predicted octanol–water partition coefficient (Wildman–Crippen LogP) is 2.57. The number of rotatable bonds is 6. The molecule has 4 nitrogen and oxygen atoms in total. The number of aliphatic carboxylic acids is 1. The lowest BCUT2D eigenvalue weighted by Gasteiger charge is -2.09. The van der Waals surface area contributed by atoms with Gasteiger partial charge in [0.2, 0.25) is 0 Å². The molecule has 0 aliphatic heterocycles. The first-order chi connectivity index (χ1) is 8.58. The van der Waals surface area contributed by atoms with Crippen molar-refractivity contribution in [1.82, 2.24) is 0 Å². The minimum atomic E-state index is -0.799. The Morgan fingerprint density at radius 1 is 1.44 bits per heavy atom. The van der Waals surface area contributed by atoms with Crippen LogP contribution in [-0.2, 0) is 15.3 Å². The molecule has 0 spiro atoms. The molecule has 1 atom stereocenters. The number of carboxylic acids is 1. The first-order valence-corrected chi connectivity index (χ1v) is 6.65. The Morgan fingerprint density at radius 2 is 2.17 bits per heavy atom. The van der Waals surface area contributed by atoms with E-state index in [1.165, 1.54) is 18.9 Å². The summed E-state index contributed by atoms with van der Waals surface area (Å²) in [5.41, 5.74) is 1.40. The van der Waals surface area contributed by atoms with E-state index in [4.69, 9.17) is 5.11 Å². The van der Waals surface area contributed by atoms with Gasteiger partial charge in [-0.15, -0.1) is 11.8 Å². The second-order valence-electron chi connectivity index (χ2n) is 3.74. The summed E-state index contributed by atoms with van der Waals surface area (Å²) in [4.78, 5) is 22.2. The quantitative estimate of drug-likeness (QED) is 0.803. The van der Waals surface area contributed by atoms with Crippen LogP contribution in [0.1, 0.15) is 29.3 Å². The molecule has 1 N–H and O–H groups in total. The minimum absolute atomic E-state index is 0.382. The number of ether oxygens (including phenoxy) is 1. The van der Waals surface area contributed by atoms with E-state index >= 15 is 0 Å². The Kier molecular flexibility index (Phi) is 5.71. The summed E-state index contributed by atoms with van der Waals surface area (Å²) >= 11 is 1.36. The Bertz CT molecular complexity index is 431. The lowest BCUT2D eigenvalue weighted by Crippen LogP contribution is -2.15. The van der Waals surface area contributed by atoms with Crippen molar-refractivity contribution in [2.24, 2.45) is 0 Å². The molecule has 1 aromatic rings. The summed E-state index contributed by atoms with van der Waals surface area (Å²) in [5.74, 6) is -0.617. The molecule has 0 bridgehead atoms. The summed E-state index contributed by atoms with van der Waals surface area (Å²) in [5, 5.41) is 8.53. The van der Waals surface area contributed by atoms with Gasteiger partial charge in [0.15, 0.2) is 0 Å². The number of methoxy groups -OCH3 is 1. The average molecular weight is 268 g/mol. The Morgan fingerprint density at radius 3 is 2.72 bits per heavy atom. The third-order valence-electron chi connectivity index (χ3n) is 2.45. The smallest absolute Gasteiger partial charge is 0.337 e. The molecule has 18 heavy (non-hydrogen) atoms. The van der Waals surface area contributed by atoms with Gasteiger partial charge in [-0.1, -0.05) is 19.1 Å². The fourth-order valence-electron chi connectivity index (χ4n) is 1.47. The maximum absolute atomic E-state index is 11.3. The van der Waals surface area contributed by atoms with E-state index < -0.39 is 11.2 Å². The van der Waals surface area contributed by atoms with E-state index in [1.807, 2.05) is 13.0 Å². The number of carbonyl (C=O) groups is 2. The van der Waals surface area contributed by atoms with Crippen molar-refractivity contribution in [3.05, 3.63) is 35.4 Å². The van der Waals surface area contributed by atoms with Gasteiger partial charge in [0.1, 0.15) is 5.25 Å². The van der Waals surface area contributed by atoms with Crippen molar-refractivity contribution in [3.8, 4) is 0 Å². The Hall–Kier alpha value is -1.49. The fourth-order valence-corrected chi connectivity index (χ4v) is 2.42. The summed E-state index contributed by atoms with van der Waals surface area (Å²) in [6.45, 7) is 1.84. The Balaban J connectivity index is 2.68. The molecule has 0 amide bonds. The molecule has 0 fully saturated rings. The molecule has 1 unspecified atom stereocenters. The van der Waals surface area contributed by atoms with Crippen molar-refractivity contribution in [3.63, 3.8) is 0 Å². The van der Waals surface area contributed by atoms with Crippen LogP contribution in [0.25, 0.3) is 0 Å². The van der Waals surface area contributed by atoms with E-state index in [0.29, 0.717) is 17.7 Å². The van der Waals surface area contributed by atoms with Crippen LogP contribution in [0.5, 0.6) is 0 Å². The molecule has 5 heteroatoms. The van der Waals surface area contributed by atoms with Crippen LogP contribution >= 0.6 is 11.8 Å². The number of thioether (sulfide) groups is 1. The van der Waals surface area contributed by atoms with Gasteiger partial charge >= 0.3 is 11.9 Å². The van der Waals surface area contributed by atoms with Crippen molar-refractivity contribution in [1.29, 1.82) is 0 Å². The molecular weight excluding hydrogens is 252 g/mol. The van der Waals surface area contributed by atoms with E-state index in [0.717, 1.165) is 5.56 Å². The first kappa shape index (κ1) is 14.6. The van der Waals surface area contributed by atoms with Crippen molar-refractivity contribution >= 4 is 23.7 Å². The highest BCUT2D eigenvalue weighted by atomic mass is 32.2. The molecule has 0 aliphatic carbocycles. The average Bonchev–Trinajstić information content (AvgIpc) is 2.38. The number of carboxylic acid groups (broad SMARTS) is 1. The number of esters is 1. The van der Waals surface area contributed by atoms with Crippen LogP contribution in [0.15, 0.2) is 24.3 Å². The SMILES string of the molecule is CCC(SCc1cccc(C(=O)OC)c1)C(=O)O. The Labute approximate surface area is 110 Å². The summed E-state index contributed by atoms with van der Waals surface area (Å²) in [6, 6.07) is 7.04. The van der Waals surface area contributed by atoms with Gasteiger partial charge in [-0.05, 0) is 24.1 Å². The molecule has 1 aromatic carbocycles. The van der Waals surface area contributed by atoms with Crippen molar-refractivity contribution in [2.45, 2.75) is 24.3 Å². The summed E-state index contributed by atoms with van der Waals surface area (Å²) in [7, 11) is 1.33. The molecule has 98 valence electrons. The highest BCUT2D eigenvalue weighted by molar-refractivity contribution is 7.99. The zero-order chi connectivity index (χ0) is 13.5. The van der Waals surface area contributed by atoms with Crippen LogP contribution in [0, 0.1) is 0 Å². The molecule has 0 aliphatic rings. The van der Waals surface area contributed by atoms with Crippen molar-refractivity contribution < 1.29 is 19.4 Å². The standard InChI is InChI=1S/C13H16O4S/c1-3-11(12(14)15)18-8-9-5-4-6-10(7-9)13(16)17-2/h4-7,11H,3,8H2,1-2H3,(H,14,15). The third-order valence-corrected chi connectivity index (χ3v) is 3.88. The molecular formula is C13H16O4S. The minimum Gasteiger partial charge on any atom is -0.480 e. The normalized spacial score (nSPS) is 11.9. The van der Waals surface area contributed by atoms with Gasteiger partial charge in [0, 0.05) is 5.75 Å².